The Labute approximate surface area is 366 Å². The van der Waals surface area contributed by atoms with Gasteiger partial charge in [-0.1, -0.05) is 152 Å². The van der Waals surface area contributed by atoms with Crippen LogP contribution in [-0.4, -0.2) is 9.13 Å². The number of nitrogens with zero attached hydrogens (tertiary/aromatic N) is 2. The summed E-state index contributed by atoms with van der Waals surface area (Å²) in [6.07, 6.45) is 0. The highest BCUT2D eigenvalue weighted by Crippen LogP contribution is 2.45. The summed E-state index contributed by atoms with van der Waals surface area (Å²) < 4.78 is 7.56. The first kappa shape index (κ1) is 34.7. The average Bonchev–Trinajstić information content (AvgIpc) is 4.01. The molecule has 14 aromatic rings. The first-order chi connectivity index (χ1) is 31.3. The summed E-state index contributed by atoms with van der Waals surface area (Å²) in [5.74, 6) is 0. The van der Waals surface area contributed by atoms with E-state index >= 15 is 0 Å². The normalized spacial score (nSPS) is 12.1. The first-order valence-corrected chi connectivity index (χ1v) is 22.5. The minimum absolute atomic E-state index is 1.17. The number of aromatic nitrogens is 2. The Morgan fingerprint density at radius 3 is 1.56 bits per heavy atom. The van der Waals surface area contributed by atoms with Crippen molar-refractivity contribution in [1.82, 2.24) is 9.13 Å². The van der Waals surface area contributed by atoms with E-state index in [1.165, 1.54) is 130 Å². The Bertz CT molecular complexity index is 4200. The van der Waals surface area contributed by atoms with E-state index < -0.39 is 0 Å². The monoisotopic (exact) mass is 816 g/mol. The van der Waals surface area contributed by atoms with Crippen LogP contribution in [0.3, 0.4) is 0 Å². The van der Waals surface area contributed by atoms with Gasteiger partial charge in [0, 0.05) is 52.8 Å². The molecule has 63 heavy (non-hydrogen) atoms. The Balaban J connectivity index is 0.986. The maximum absolute atomic E-state index is 2.51. The lowest BCUT2D eigenvalue weighted by molar-refractivity contribution is 1.18. The number of rotatable bonds is 4. The standard InChI is InChI=1S/C60H36N2S/c1-2-14-40(15-3-1)61-53-24-9-6-17-44(53)51-34-37(29-32-55(51)61)38-30-33-56-52(35-38)45-18-7-10-25-54(45)62(56)57-26-13-22-48-50-36-39(28-31-43(50)42-16-4-5-20-47(42)59(48)57)41-21-12-23-49-46-19-8-11-27-58(46)63-60(41)49/h1-36H. The van der Waals surface area contributed by atoms with Gasteiger partial charge in [0.1, 0.15) is 0 Å². The molecule has 0 unspecified atom stereocenters. The van der Waals surface area contributed by atoms with Crippen LogP contribution in [0.2, 0.25) is 0 Å². The zero-order valence-electron chi connectivity index (χ0n) is 34.1. The van der Waals surface area contributed by atoms with Gasteiger partial charge in [-0.05, 0) is 116 Å². The van der Waals surface area contributed by atoms with Gasteiger partial charge in [0.25, 0.3) is 0 Å². The molecule has 3 heteroatoms. The van der Waals surface area contributed by atoms with Crippen LogP contribution in [0.1, 0.15) is 0 Å². The van der Waals surface area contributed by atoms with Crippen molar-refractivity contribution in [3.05, 3.63) is 218 Å². The number of hydrogen-bond donors (Lipinski definition) is 0. The average molecular weight is 817 g/mol. The van der Waals surface area contributed by atoms with Crippen LogP contribution < -0.4 is 0 Å². The molecule has 14 rings (SSSR count). The minimum atomic E-state index is 1.17. The van der Waals surface area contributed by atoms with Crippen molar-refractivity contribution in [2.45, 2.75) is 0 Å². The zero-order valence-corrected chi connectivity index (χ0v) is 34.9. The second-order valence-electron chi connectivity index (χ2n) is 16.8. The van der Waals surface area contributed by atoms with E-state index in [4.69, 9.17) is 0 Å². The van der Waals surface area contributed by atoms with Crippen molar-refractivity contribution in [3.63, 3.8) is 0 Å². The Morgan fingerprint density at radius 1 is 0.286 bits per heavy atom. The minimum Gasteiger partial charge on any atom is -0.309 e. The molecule has 0 spiro atoms. The highest BCUT2D eigenvalue weighted by atomic mass is 32.1. The SMILES string of the molecule is c1ccc(-n2c3ccccc3c3cc(-c4ccc5c(c4)c4ccccc4n5-c4cccc5c6cc(-c7cccc8c7sc7ccccc78)ccc6c6ccccc6c45)ccc32)cc1. The second kappa shape index (κ2) is 13.3. The molecule has 11 aromatic carbocycles. The Kier molecular flexibility index (Phi) is 7.30. The van der Waals surface area contributed by atoms with Gasteiger partial charge in [0.05, 0.1) is 27.8 Å². The second-order valence-corrected chi connectivity index (χ2v) is 17.8. The fraction of sp³-hybridized carbons (Fsp3) is 0. The van der Waals surface area contributed by atoms with Crippen LogP contribution in [0.4, 0.5) is 0 Å². The maximum atomic E-state index is 2.51. The number of hydrogen-bond acceptors (Lipinski definition) is 1. The lowest BCUT2D eigenvalue weighted by atomic mass is 9.91. The van der Waals surface area contributed by atoms with E-state index in [1.54, 1.807) is 0 Å². The van der Waals surface area contributed by atoms with Crippen LogP contribution >= 0.6 is 11.3 Å². The van der Waals surface area contributed by atoms with Crippen LogP contribution in [0.5, 0.6) is 0 Å². The predicted molar refractivity (Wildman–Crippen MR) is 271 cm³/mol. The summed E-state index contributed by atoms with van der Waals surface area (Å²) in [7, 11) is 0. The van der Waals surface area contributed by atoms with Gasteiger partial charge in [0.15, 0.2) is 0 Å². The molecule has 3 heterocycles. The molecule has 292 valence electrons. The third-order valence-electron chi connectivity index (χ3n) is 13.5. The molecule has 0 atom stereocenters. The molecule has 0 fully saturated rings. The summed E-state index contributed by atoms with van der Waals surface area (Å²) in [6.45, 7) is 0. The van der Waals surface area contributed by atoms with Crippen LogP contribution in [0.25, 0.3) is 130 Å². The van der Waals surface area contributed by atoms with Gasteiger partial charge in [0.2, 0.25) is 0 Å². The quantitative estimate of drug-likeness (QED) is 0.157. The Morgan fingerprint density at radius 2 is 0.794 bits per heavy atom. The van der Waals surface area contributed by atoms with Crippen molar-refractivity contribution >= 4 is 107 Å². The lowest BCUT2D eigenvalue weighted by Gasteiger charge is -2.17. The van der Waals surface area contributed by atoms with Crippen LogP contribution in [0.15, 0.2) is 218 Å². The molecular weight excluding hydrogens is 781 g/mol. The van der Waals surface area contributed by atoms with Crippen molar-refractivity contribution in [2.75, 3.05) is 0 Å². The summed E-state index contributed by atoms with van der Waals surface area (Å²) in [5, 5.41) is 15.3. The van der Waals surface area contributed by atoms with Gasteiger partial charge in [-0.3, -0.25) is 0 Å². The van der Waals surface area contributed by atoms with Crippen molar-refractivity contribution in [1.29, 1.82) is 0 Å². The summed E-state index contributed by atoms with van der Waals surface area (Å²) in [4.78, 5) is 0. The molecule has 0 radical (unpaired) electrons. The van der Waals surface area contributed by atoms with E-state index in [0.29, 0.717) is 0 Å². The van der Waals surface area contributed by atoms with E-state index in [1.807, 2.05) is 11.3 Å². The molecule has 0 bridgehead atoms. The Hall–Kier alpha value is -7.98. The molecule has 0 aliphatic carbocycles. The van der Waals surface area contributed by atoms with Crippen LogP contribution in [-0.2, 0) is 0 Å². The first-order valence-electron chi connectivity index (χ1n) is 21.7. The highest BCUT2D eigenvalue weighted by molar-refractivity contribution is 7.26. The molecule has 3 aromatic heterocycles. The fourth-order valence-corrected chi connectivity index (χ4v) is 12.0. The van der Waals surface area contributed by atoms with E-state index in [-0.39, 0.29) is 0 Å². The largest absolute Gasteiger partial charge is 0.309 e. The fourth-order valence-electron chi connectivity index (χ4n) is 10.7. The lowest BCUT2D eigenvalue weighted by Crippen LogP contribution is -1.97. The molecule has 0 amide bonds. The van der Waals surface area contributed by atoms with Gasteiger partial charge in [-0.25, -0.2) is 0 Å². The van der Waals surface area contributed by atoms with Gasteiger partial charge in [-0.2, -0.15) is 0 Å². The number of fused-ring (bicyclic) bond motifs is 15. The smallest absolute Gasteiger partial charge is 0.0547 e. The number of benzene rings is 11. The molecule has 0 N–H and O–H groups in total. The third-order valence-corrected chi connectivity index (χ3v) is 14.7. The maximum Gasteiger partial charge on any atom is 0.0547 e. The van der Waals surface area contributed by atoms with Crippen LogP contribution in [0, 0.1) is 0 Å². The summed E-state index contributed by atoms with van der Waals surface area (Å²) in [6, 6.07) is 81.0. The van der Waals surface area contributed by atoms with Gasteiger partial charge >= 0.3 is 0 Å². The van der Waals surface area contributed by atoms with Crippen molar-refractivity contribution < 1.29 is 0 Å². The van der Waals surface area contributed by atoms with Gasteiger partial charge < -0.3 is 9.13 Å². The summed E-state index contributed by atoms with van der Waals surface area (Å²) in [5.41, 5.74) is 12.1. The van der Waals surface area contributed by atoms with Crippen molar-refractivity contribution in [2.24, 2.45) is 0 Å². The van der Waals surface area contributed by atoms with E-state index in [2.05, 4.69) is 228 Å². The van der Waals surface area contributed by atoms with Crippen molar-refractivity contribution in [3.8, 4) is 33.6 Å². The highest BCUT2D eigenvalue weighted by Gasteiger charge is 2.20. The summed E-state index contributed by atoms with van der Waals surface area (Å²) >= 11 is 1.89. The third kappa shape index (κ3) is 5.00. The predicted octanol–water partition coefficient (Wildman–Crippen LogP) is 17.0. The molecule has 0 saturated heterocycles. The molecule has 2 nitrogen and oxygen atoms in total. The molecular formula is C60H36N2S. The number of para-hydroxylation sites is 3. The van der Waals surface area contributed by atoms with Gasteiger partial charge in [-0.15, -0.1) is 11.3 Å². The topological polar surface area (TPSA) is 9.86 Å². The van der Waals surface area contributed by atoms with E-state index in [0.717, 1.165) is 0 Å². The molecule has 0 aliphatic heterocycles. The number of thiophene rings is 1. The molecule has 0 aliphatic rings. The molecule has 0 saturated carbocycles. The van der Waals surface area contributed by atoms with E-state index in [9.17, 15) is 0 Å². The zero-order chi connectivity index (χ0) is 41.2.